The van der Waals surface area contributed by atoms with Crippen LogP contribution in [0.1, 0.15) is 53.7 Å². The van der Waals surface area contributed by atoms with Crippen molar-refractivity contribution in [1.29, 1.82) is 0 Å². The minimum absolute atomic E-state index is 0. The van der Waals surface area contributed by atoms with E-state index in [-0.39, 0.29) is 30.6 Å². The van der Waals surface area contributed by atoms with Crippen LogP contribution in [0.4, 0.5) is 5.69 Å². The number of rotatable bonds is 5. The fourth-order valence-corrected chi connectivity index (χ4v) is 5.21. The molecular weight excluding hydrogens is 465 g/mol. The van der Waals surface area contributed by atoms with Crippen molar-refractivity contribution in [2.45, 2.75) is 45.1 Å². The quantitative estimate of drug-likeness (QED) is 0.413. The van der Waals surface area contributed by atoms with E-state index in [0.29, 0.717) is 11.3 Å². The maximum atomic E-state index is 13.2. The van der Waals surface area contributed by atoms with E-state index in [2.05, 4.69) is 41.3 Å². The summed E-state index contributed by atoms with van der Waals surface area (Å²) in [5.41, 5.74) is 11.7. The van der Waals surface area contributed by atoms with Crippen molar-refractivity contribution in [3.8, 4) is 0 Å². The minimum Gasteiger partial charge on any atom is -0.398 e. The molecule has 0 unspecified atom stereocenters. The van der Waals surface area contributed by atoms with Crippen LogP contribution in [0.2, 0.25) is 0 Å². The number of nitrogens with zero attached hydrogens (tertiary/aromatic N) is 2. The van der Waals surface area contributed by atoms with E-state index in [9.17, 15) is 4.79 Å². The minimum atomic E-state index is 0. The Bertz CT molecular complexity index is 1160. The Morgan fingerprint density at radius 2 is 1.68 bits per heavy atom. The Morgan fingerprint density at radius 3 is 2.44 bits per heavy atom. The number of piperidine rings is 1. The van der Waals surface area contributed by atoms with Gasteiger partial charge in [-0.3, -0.25) is 14.7 Å². The number of Topliss-reactive ketones (excluding diaryl/α,β-unsaturated/α-hetero) is 1. The van der Waals surface area contributed by atoms with Gasteiger partial charge in [0.1, 0.15) is 0 Å². The molecule has 5 rings (SSSR count). The highest BCUT2D eigenvalue weighted by Gasteiger charge is 2.27. The van der Waals surface area contributed by atoms with Gasteiger partial charge in [0.2, 0.25) is 0 Å². The van der Waals surface area contributed by atoms with Crippen molar-refractivity contribution in [3.63, 3.8) is 0 Å². The number of aromatic nitrogens is 1. The van der Waals surface area contributed by atoms with Crippen LogP contribution < -0.4 is 5.73 Å². The zero-order chi connectivity index (χ0) is 21.9. The number of carbonyl (C=O) groups excluding carboxylic acids is 1. The summed E-state index contributed by atoms with van der Waals surface area (Å²) in [7, 11) is 0. The van der Waals surface area contributed by atoms with Gasteiger partial charge in [-0.2, -0.15) is 0 Å². The summed E-state index contributed by atoms with van der Waals surface area (Å²) in [5, 5.41) is 0.878. The molecule has 1 aliphatic carbocycles. The molecule has 2 N–H and O–H groups in total. The summed E-state index contributed by atoms with van der Waals surface area (Å²) in [6.45, 7) is 3.38. The molecule has 2 aromatic carbocycles. The SMILES string of the molecule is Cl.Cl.Nc1c2c(nc3ccccc13)CC/C(=C\CCC1CCN(Cc3ccccc3)CC1)C2=O. The predicted octanol–water partition coefficient (Wildman–Crippen LogP) is 6.41. The third-order valence-corrected chi connectivity index (χ3v) is 7.08. The number of hydrogen-bond acceptors (Lipinski definition) is 4. The van der Waals surface area contributed by atoms with Crippen LogP contribution in [0.5, 0.6) is 0 Å². The Morgan fingerprint density at radius 1 is 0.971 bits per heavy atom. The van der Waals surface area contributed by atoms with Gasteiger partial charge in [0.25, 0.3) is 0 Å². The second-order valence-corrected chi connectivity index (χ2v) is 9.21. The molecule has 0 atom stereocenters. The molecule has 1 fully saturated rings. The molecule has 1 aliphatic heterocycles. The largest absolute Gasteiger partial charge is 0.398 e. The Labute approximate surface area is 214 Å². The van der Waals surface area contributed by atoms with Gasteiger partial charge in [0.15, 0.2) is 5.78 Å². The molecule has 0 amide bonds. The van der Waals surface area contributed by atoms with Gasteiger partial charge in [-0.25, -0.2) is 0 Å². The number of fused-ring (bicyclic) bond motifs is 2. The molecule has 3 aromatic rings. The summed E-state index contributed by atoms with van der Waals surface area (Å²) in [5.74, 6) is 0.834. The first-order chi connectivity index (χ1) is 15.7. The van der Waals surface area contributed by atoms with Crippen molar-refractivity contribution >= 4 is 47.2 Å². The highest BCUT2D eigenvalue weighted by Crippen LogP contribution is 2.33. The summed E-state index contributed by atoms with van der Waals surface area (Å²) in [4.78, 5) is 20.5. The van der Waals surface area contributed by atoms with Gasteiger partial charge in [-0.05, 0) is 74.7 Å². The number of benzene rings is 2. The number of ketones is 1. The molecule has 1 aromatic heterocycles. The van der Waals surface area contributed by atoms with Crippen LogP contribution in [-0.2, 0) is 13.0 Å². The van der Waals surface area contributed by atoms with E-state index >= 15 is 0 Å². The Balaban J connectivity index is 0.00000162. The standard InChI is InChI=1S/C28H31N3O.2ClH/c29-27-23-11-4-5-12-24(23)30-25-14-13-22(28(32)26(25)27)10-6-9-20-15-17-31(18-16-20)19-21-7-2-1-3-8-21;;/h1-5,7-8,10-12,20H,6,9,13-19H2,(H2,29,30);2*1H/b22-10+;;. The number of nitrogens with two attached hydrogens (primary N) is 1. The van der Waals surface area contributed by atoms with Crippen molar-refractivity contribution in [3.05, 3.63) is 83.1 Å². The lowest BCUT2D eigenvalue weighted by atomic mass is 9.86. The van der Waals surface area contributed by atoms with Crippen LogP contribution in [0.25, 0.3) is 10.9 Å². The van der Waals surface area contributed by atoms with Gasteiger partial charge >= 0.3 is 0 Å². The third kappa shape index (κ3) is 5.63. The smallest absolute Gasteiger partial charge is 0.192 e. The normalized spacial score (nSPS) is 17.8. The molecule has 0 bridgehead atoms. The Hall–Kier alpha value is -2.40. The van der Waals surface area contributed by atoms with Gasteiger partial charge in [0.05, 0.1) is 22.5 Å². The number of hydrogen-bond donors (Lipinski definition) is 1. The highest BCUT2D eigenvalue weighted by atomic mass is 35.5. The number of aryl methyl sites for hydroxylation is 1. The van der Waals surface area contributed by atoms with Gasteiger partial charge in [0, 0.05) is 11.9 Å². The highest BCUT2D eigenvalue weighted by molar-refractivity contribution is 6.16. The molecule has 0 radical (unpaired) electrons. The molecule has 0 saturated carbocycles. The lowest BCUT2D eigenvalue weighted by Crippen LogP contribution is -2.33. The van der Waals surface area contributed by atoms with E-state index in [1.54, 1.807) is 0 Å². The molecule has 0 spiro atoms. The number of carbonyl (C=O) groups is 1. The number of likely N-dealkylation sites (tertiary alicyclic amines) is 1. The van der Waals surface area contributed by atoms with E-state index in [0.717, 1.165) is 73.4 Å². The fourth-order valence-electron chi connectivity index (χ4n) is 5.21. The summed E-state index contributed by atoms with van der Waals surface area (Å²) in [6, 6.07) is 18.6. The number of allylic oxidation sites excluding steroid dienone is 2. The third-order valence-electron chi connectivity index (χ3n) is 7.08. The van der Waals surface area contributed by atoms with Crippen molar-refractivity contribution in [2.24, 2.45) is 5.92 Å². The van der Waals surface area contributed by atoms with E-state index in [1.165, 1.54) is 18.4 Å². The maximum Gasteiger partial charge on any atom is 0.192 e. The fraction of sp³-hybridized carbons (Fsp3) is 0.357. The monoisotopic (exact) mass is 497 g/mol. The van der Waals surface area contributed by atoms with Crippen LogP contribution >= 0.6 is 24.8 Å². The number of anilines is 1. The molecule has 34 heavy (non-hydrogen) atoms. The lowest BCUT2D eigenvalue weighted by molar-refractivity contribution is 0.102. The molecule has 180 valence electrons. The molecule has 1 saturated heterocycles. The zero-order valence-electron chi connectivity index (χ0n) is 19.4. The molecular formula is C28H33Cl2N3O. The number of halogens is 2. The van der Waals surface area contributed by atoms with Crippen LogP contribution in [-0.4, -0.2) is 28.8 Å². The van der Waals surface area contributed by atoms with Crippen molar-refractivity contribution < 1.29 is 4.79 Å². The number of para-hydroxylation sites is 1. The topological polar surface area (TPSA) is 59.2 Å². The molecule has 2 aliphatic rings. The second kappa shape index (κ2) is 11.8. The summed E-state index contributed by atoms with van der Waals surface area (Å²) < 4.78 is 0. The van der Waals surface area contributed by atoms with E-state index < -0.39 is 0 Å². The van der Waals surface area contributed by atoms with Crippen molar-refractivity contribution in [2.75, 3.05) is 18.8 Å². The van der Waals surface area contributed by atoms with Crippen molar-refractivity contribution in [1.82, 2.24) is 9.88 Å². The lowest BCUT2D eigenvalue weighted by Gasteiger charge is -2.32. The summed E-state index contributed by atoms with van der Waals surface area (Å²) in [6.07, 6.45) is 8.36. The average Bonchev–Trinajstić information content (AvgIpc) is 2.82. The van der Waals surface area contributed by atoms with Gasteiger partial charge in [-0.15, -0.1) is 24.8 Å². The average molecular weight is 498 g/mol. The molecule has 6 heteroatoms. The first-order valence-corrected chi connectivity index (χ1v) is 11.9. The maximum absolute atomic E-state index is 13.2. The number of pyridine rings is 1. The van der Waals surface area contributed by atoms with Crippen LogP contribution in [0.3, 0.4) is 0 Å². The van der Waals surface area contributed by atoms with Crippen LogP contribution in [0, 0.1) is 5.92 Å². The predicted molar refractivity (Wildman–Crippen MR) is 145 cm³/mol. The van der Waals surface area contributed by atoms with Gasteiger partial charge in [-0.1, -0.05) is 54.6 Å². The molecule has 4 nitrogen and oxygen atoms in total. The Kier molecular flexibility index (Phi) is 9.12. The first kappa shape index (κ1) is 26.2. The molecule has 2 heterocycles. The van der Waals surface area contributed by atoms with Gasteiger partial charge < -0.3 is 5.73 Å². The number of nitrogen functional groups attached to an aromatic ring is 1. The van der Waals surface area contributed by atoms with Crippen LogP contribution in [0.15, 0.2) is 66.2 Å². The summed E-state index contributed by atoms with van der Waals surface area (Å²) >= 11 is 0. The van der Waals surface area contributed by atoms with E-state index in [1.807, 2.05) is 24.3 Å². The van der Waals surface area contributed by atoms with E-state index in [4.69, 9.17) is 10.7 Å². The zero-order valence-corrected chi connectivity index (χ0v) is 21.0. The second-order valence-electron chi connectivity index (χ2n) is 9.21. The first-order valence-electron chi connectivity index (χ1n) is 11.9.